The lowest BCUT2D eigenvalue weighted by Gasteiger charge is -2.29. The number of aromatic amines is 1. The molecule has 3 atom stereocenters. The van der Waals surface area contributed by atoms with E-state index >= 15 is 0 Å². The van der Waals surface area contributed by atoms with Crippen LogP contribution in [-0.2, 0) is 0 Å². The van der Waals surface area contributed by atoms with Crippen molar-refractivity contribution in [3.8, 4) is 11.3 Å². The lowest BCUT2D eigenvalue weighted by Crippen LogP contribution is -2.35. The zero-order valence-corrected chi connectivity index (χ0v) is 16.2. The Kier molecular flexibility index (Phi) is 4.43. The van der Waals surface area contributed by atoms with Gasteiger partial charge < -0.3 is 10.2 Å². The van der Waals surface area contributed by atoms with E-state index in [0.29, 0.717) is 35.2 Å². The van der Waals surface area contributed by atoms with E-state index in [1.165, 1.54) is 23.3 Å². The molecule has 2 fully saturated rings. The number of halogens is 1. The molecule has 0 bridgehead atoms. The summed E-state index contributed by atoms with van der Waals surface area (Å²) in [6, 6.07) is 14.6. The Hall–Kier alpha value is -2.99. The number of carbonyl (C=O) groups is 1. The molecule has 2 aromatic carbocycles. The monoisotopic (exact) mass is 390 g/mol. The van der Waals surface area contributed by atoms with Gasteiger partial charge in [0.15, 0.2) is 0 Å². The van der Waals surface area contributed by atoms with Crippen LogP contribution in [0.5, 0.6) is 0 Å². The van der Waals surface area contributed by atoms with Crippen molar-refractivity contribution in [3.63, 3.8) is 0 Å². The van der Waals surface area contributed by atoms with Crippen molar-refractivity contribution in [2.45, 2.75) is 13.0 Å². The van der Waals surface area contributed by atoms with E-state index in [0.717, 1.165) is 13.1 Å². The number of nitrogens with one attached hydrogen (secondary N) is 2. The number of benzene rings is 2. The molecule has 0 aliphatic carbocycles. The molecule has 2 N–H and O–H groups in total. The van der Waals surface area contributed by atoms with Crippen LogP contribution in [0.2, 0.25) is 0 Å². The van der Waals surface area contributed by atoms with Crippen LogP contribution in [0.15, 0.2) is 54.7 Å². The molecule has 2 aliphatic heterocycles. The number of rotatable bonds is 3. The van der Waals surface area contributed by atoms with E-state index in [1.54, 1.807) is 18.3 Å². The van der Waals surface area contributed by atoms with Gasteiger partial charge in [0.2, 0.25) is 0 Å². The summed E-state index contributed by atoms with van der Waals surface area (Å²) in [6.07, 6.45) is 1.56. The molecule has 3 heterocycles. The van der Waals surface area contributed by atoms with E-state index in [1.807, 2.05) is 17.0 Å². The van der Waals surface area contributed by atoms with E-state index in [4.69, 9.17) is 0 Å². The van der Waals surface area contributed by atoms with Gasteiger partial charge in [0.25, 0.3) is 5.91 Å². The number of hydrogen-bond donors (Lipinski definition) is 2. The smallest absolute Gasteiger partial charge is 0.258 e. The van der Waals surface area contributed by atoms with Gasteiger partial charge in [0, 0.05) is 31.1 Å². The van der Waals surface area contributed by atoms with Crippen molar-refractivity contribution in [3.05, 3.63) is 77.2 Å². The first-order valence-electron chi connectivity index (χ1n) is 10.00. The largest absolute Gasteiger partial charge is 0.331 e. The highest BCUT2D eigenvalue weighted by atomic mass is 19.1. The molecule has 0 saturated carbocycles. The lowest BCUT2D eigenvalue weighted by molar-refractivity contribution is 0.0714. The molecule has 1 amide bonds. The summed E-state index contributed by atoms with van der Waals surface area (Å²) >= 11 is 0. The highest BCUT2D eigenvalue weighted by Crippen LogP contribution is 2.44. The van der Waals surface area contributed by atoms with Gasteiger partial charge in [-0.15, -0.1) is 0 Å². The van der Waals surface area contributed by atoms with Crippen LogP contribution in [0.1, 0.15) is 27.5 Å². The van der Waals surface area contributed by atoms with Gasteiger partial charge in [-0.1, -0.05) is 36.4 Å². The summed E-state index contributed by atoms with van der Waals surface area (Å²) in [7, 11) is 0. The molecule has 5 nitrogen and oxygen atoms in total. The number of amides is 1. The molecule has 6 heteroatoms. The normalized spacial score (nSPS) is 23.4. The first kappa shape index (κ1) is 18.1. The zero-order valence-electron chi connectivity index (χ0n) is 16.2. The van der Waals surface area contributed by atoms with Gasteiger partial charge in [0.1, 0.15) is 5.82 Å². The molecule has 148 valence electrons. The summed E-state index contributed by atoms with van der Waals surface area (Å²) in [5, 5.41) is 10.5. The molecule has 0 radical (unpaired) electrons. The SMILES string of the molecule is Cc1ccccc1[C@@H]1[C@H]2CNC[C@H]2CN1C(=O)c1cn[nH]c1-c1cccc(F)c1. The summed E-state index contributed by atoms with van der Waals surface area (Å²) in [4.78, 5) is 15.7. The van der Waals surface area contributed by atoms with Crippen LogP contribution < -0.4 is 5.32 Å². The van der Waals surface area contributed by atoms with E-state index in [-0.39, 0.29) is 17.8 Å². The average Bonchev–Trinajstić information content (AvgIpc) is 3.44. The summed E-state index contributed by atoms with van der Waals surface area (Å²) in [6.45, 7) is 4.65. The van der Waals surface area contributed by atoms with Gasteiger partial charge in [-0.05, 0) is 36.1 Å². The van der Waals surface area contributed by atoms with Crippen LogP contribution in [0, 0.1) is 24.6 Å². The predicted octanol–water partition coefficient (Wildman–Crippen LogP) is 3.56. The van der Waals surface area contributed by atoms with Gasteiger partial charge in [0.05, 0.1) is 23.5 Å². The molecule has 29 heavy (non-hydrogen) atoms. The fraction of sp³-hybridized carbons (Fsp3) is 0.304. The van der Waals surface area contributed by atoms with Crippen LogP contribution in [-0.4, -0.2) is 40.6 Å². The topological polar surface area (TPSA) is 61.0 Å². The van der Waals surface area contributed by atoms with Crippen LogP contribution in [0.25, 0.3) is 11.3 Å². The average molecular weight is 390 g/mol. The van der Waals surface area contributed by atoms with E-state index in [2.05, 4.69) is 34.6 Å². The number of hydrogen-bond acceptors (Lipinski definition) is 3. The van der Waals surface area contributed by atoms with Crippen molar-refractivity contribution >= 4 is 5.91 Å². The molecule has 1 aromatic heterocycles. The molecule has 2 saturated heterocycles. The maximum absolute atomic E-state index is 13.7. The second-order valence-corrected chi connectivity index (χ2v) is 8.01. The Morgan fingerprint density at radius 2 is 2.03 bits per heavy atom. The molecule has 0 unspecified atom stereocenters. The first-order chi connectivity index (χ1) is 14.1. The van der Waals surface area contributed by atoms with Crippen molar-refractivity contribution in [1.29, 1.82) is 0 Å². The zero-order chi connectivity index (χ0) is 20.0. The van der Waals surface area contributed by atoms with Gasteiger partial charge in [-0.3, -0.25) is 9.89 Å². The minimum atomic E-state index is -0.338. The number of likely N-dealkylation sites (tertiary alicyclic amines) is 1. The third-order valence-corrected chi connectivity index (χ3v) is 6.32. The highest BCUT2D eigenvalue weighted by molar-refractivity contribution is 6.00. The number of aromatic nitrogens is 2. The van der Waals surface area contributed by atoms with Gasteiger partial charge in [-0.25, -0.2) is 4.39 Å². The fourth-order valence-electron chi connectivity index (χ4n) is 4.91. The molecule has 3 aromatic rings. The number of fused-ring (bicyclic) bond motifs is 1. The maximum Gasteiger partial charge on any atom is 0.258 e. The Balaban J connectivity index is 1.54. The maximum atomic E-state index is 13.7. The molecule has 2 aliphatic rings. The third kappa shape index (κ3) is 3.04. The number of carbonyl (C=O) groups excluding carboxylic acids is 1. The van der Waals surface area contributed by atoms with Crippen molar-refractivity contribution < 1.29 is 9.18 Å². The predicted molar refractivity (Wildman–Crippen MR) is 109 cm³/mol. The van der Waals surface area contributed by atoms with Crippen LogP contribution >= 0.6 is 0 Å². The number of nitrogens with zero attached hydrogens (tertiary/aromatic N) is 2. The molecular formula is C23H23FN4O. The summed E-state index contributed by atoms with van der Waals surface area (Å²) in [5.74, 6) is 0.438. The lowest BCUT2D eigenvalue weighted by atomic mass is 9.87. The van der Waals surface area contributed by atoms with E-state index < -0.39 is 0 Å². The summed E-state index contributed by atoms with van der Waals surface area (Å²) in [5.41, 5.74) is 4.07. The van der Waals surface area contributed by atoms with Gasteiger partial charge >= 0.3 is 0 Å². The van der Waals surface area contributed by atoms with Crippen molar-refractivity contribution in [2.24, 2.45) is 11.8 Å². The highest BCUT2D eigenvalue weighted by Gasteiger charge is 2.47. The second-order valence-electron chi connectivity index (χ2n) is 8.01. The first-order valence-corrected chi connectivity index (χ1v) is 10.00. The fourth-order valence-corrected chi connectivity index (χ4v) is 4.91. The Morgan fingerprint density at radius 3 is 2.86 bits per heavy atom. The van der Waals surface area contributed by atoms with Crippen molar-refractivity contribution in [1.82, 2.24) is 20.4 Å². The minimum Gasteiger partial charge on any atom is -0.331 e. The summed E-state index contributed by atoms with van der Waals surface area (Å²) < 4.78 is 13.7. The third-order valence-electron chi connectivity index (χ3n) is 6.32. The molecular weight excluding hydrogens is 367 g/mol. The van der Waals surface area contributed by atoms with Crippen LogP contribution in [0.4, 0.5) is 4.39 Å². The van der Waals surface area contributed by atoms with E-state index in [9.17, 15) is 9.18 Å². The minimum absolute atomic E-state index is 0.0268. The number of H-pyrrole nitrogens is 1. The molecule has 5 rings (SSSR count). The van der Waals surface area contributed by atoms with Crippen LogP contribution in [0.3, 0.4) is 0 Å². The Morgan fingerprint density at radius 1 is 1.17 bits per heavy atom. The van der Waals surface area contributed by atoms with Crippen molar-refractivity contribution in [2.75, 3.05) is 19.6 Å². The Bertz CT molecular complexity index is 1060. The standard InChI is InChI=1S/C23H23FN4O/c1-14-5-2-3-8-18(14)22-19-11-25-10-16(19)13-28(22)23(29)20-12-26-27-21(20)15-6-4-7-17(24)9-15/h2-9,12,16,19,22,25H,10-11,13H2,1H3,(H,26,27)/t16-,19-,22+/m0/s1. The second kappa shape index (κ2) is 7.12. The molecule has 0 spiro atoms. The van der Waals surface area contributed by atoms with Gasteiger partial charge in [-0.2, -0.15) is 5.10 Å². The number of aryl methyl sites for hydroxylation is 1. The Labute approximate surface area is 168 Å². The quantitative estimate of drug-likeness (QED) is 0.719.